The van der Waals surface area contributed by atoms with Gasteiger partial charge in [-0.3, -0.25) is 0 Å². The van der Waals surface area contributed by atoms with Gasteiger partial charge in [0.15, 0.2) is 0 Å². The highest BCUT2D eigenvalue weighted by atomic mass is 35.5. The monoisotopic (exact) mass is 284 g/mol. The van der Waals surface area contributed by atoms with Crippen molar-refractivity contribution < 1.29 is 4.74 Å². The average molecular weight is 285 g/mol. The summed E-state index contributed by atoms with van der Waals surface area (Å²) >= 11 is 6.24. The van der Waals surface area contributed by atoms with E-state index in [1.54, 1.807) is 18.2 Å². The SMILES string of the molecule is N#Cc1ccc(COc2cc(Cl)c3c(n2)CCC3)cc1. The lowest BCUT2D eigenvalue weighted by Gasteiger charge is -2.08. The maximum Gasteiger partial charge on any atom is 0.215 e. The molecular formula is C16H13ClN2O. The van der Waals surface area contributed by atoms with Crippen molar-refractivity contribution in [1.82, 2.24) is 4.98 Å². The summed E-state index contributed by atoms with van der Waals surface area (Å²) < 4.78 is 5.69. The van der Waals surface area contributed by atoms with Gasteiger partial charge in [-0.25, -0.2) is 4.98 Å². The number of hydrogen-bond donors (Lipinski definition) is 0. The van der Waals surface area contributed by atoms with Gasteiger partial charge in [-0.05, 0) is 42.5 Å². The van der Waals surface area contributed by atoms with Crippen molar-refractivity contribution >= 4 is 11.6 Å². The number of nitrogens with zero attached hydrogens (tertiary/aromatic N) is 2. The molecule has 0 aliphatic heterocycles. The summed E-state index contributed by atoms with van der Waals surface area (Å²) in [6.45, 7) is 0.424. The van der Waals surface area contributed by atoms with Crippen molar-refractivity contribution in [3.05, 3.63) is 57.7 Å². The molecule has 1 aliphatic carbocycles. The highest BCUT2D eigenvalue weighted by Gasteiger charge is 2.17. The fraction of sp³-hybridized carbons (Fsp3) is 0.250. The van der Waals surface area contributed by atoms with Gasteiger partial charge in [0.2, 0.25) is 5.88 Å². The third-order valence-corrected chi connectivity index (χ3v) is 3.78. The van der Waals surface area contributed by atoms with E-state index in [1.165, 1.54) is 0 Å². The lowest BCUT2D eigenvalue weighted by atomic mass is 10.2. The maximum atomic E-state index is 8.75. The Hall–Kier alpha value is -2.05. The van der Waals surface area contributed by atoms with Crippen LogP contribution in [0.2, 0.25) is 5.02 Å². The van der Waals surface area contributed by atoms with E-state index in [1.807, 2.05) is 12.1 Å². The predicted molar refractivity (Wildman–Crippen MR) is 76.8 cm³/mol. The third kappa shape index (κ3) is 2.61. The first-order valence-corrected chi connectivity index (χ1v) is 6.94. The molecule has 0 atom stereocenters. The highest BCUT2D eigenvalue weighted by molar-refractivity contribution is 6.31. The summed E-state index contributed by atoms with van der Waals surface area (Å²) in [5.41, 5.74) is 3.87. The van der Waals surface area contributed by atoms with Crippen LogP contribution in [0.15, 0.2) is 30.3 Å². The lowest BCUT2D eigenvalue weighted by molar-refractivity contribution is 0.293. The number of nitriles is 1. The van der Waals surface area contributed by atoms with E-state index in [0.29, 0.717) is 18.1 Å². The summed E-state index contributed by atoms with van der Waals surface area (Å²) in [6.07, 6.45) is 3.10. The molecule has 1 aromatic carbocycles. The van der Waals surface area contributed by atoms with Gasteiger partial charge in [0.25, 0.3) is 0 Å². The fourth-order valence-electron chi connectivity index (χ4n) is 2.38. The van der Waals surface area contributed by atoms with Crippen LogP contribution in [0.25, 0.3) is 0 Å². The Morgan fingerprint density at radius 3 is 2.80 bits per heavy atom. The Kier molecular flexibility index (Phi) is 3.58. The van der Waals surface area contributed by atoms with Gasteiger partial charge in [0.1, 0.15) is 6.61 Å². The van der Waals surface area contributed by atoms with Crippen LogP contribution < -0.4 is 4.74 Å². The molecule has 3 nitrogen and oxygen atoms in total. The molecule has 1 aromatic heterocycles. The van der Waals surface area contributed by atoms with Crippen molar-refractivity contribution in [2.24, 2.45) is 0 Å². The first-order valence-electron chi connectivity index (χ1n) is 6.56. The normalized spacial score (nSPS) is 12.8. The summed E-state index contributed by atoms with van der Waals surface area (Å²) in [6, 6.07) is 11.2. The van der Waals surface area contributed by atoms with Crippen LogP contribution >= 0.6 is 11.6 Å². The summed E-state index contributed by atoms with van der Waals surface area (Å²) in [4.78, 5) is 4.50. The number of halogens is 1. The minimum Gasteiger partial charge on any atom is -0.473 e. The second-order valence-corrected chi connectivity index (χ2v) is 5.23. The van der Waals surface area contributed by atoms with Crippen molar-refractivity contribution in [1.29, 1.82) is 5.26 Å². The number of pyridine rings is 1. The number of aromatic nitrogens is 1. The molecule has 1 aliphatic rings. The molecular weight excluding hydrogens is 272 g/mol. The molecule has 0 fully saturated rings. The molecule has 0 bridgehead atoms. The standard InChI is InChI=1S/C16H13ClN2O/c17-14-8-16(19-15-3-1-2-13(14)15)20-10-12-6-4-11(9-18)5-7-12/h4-8H,1-3,10H2. The zero-order valence-corrected chi connectivity index (χ0v) is 11.7. The summed E-state index contributed by atoms with van der Waals surface area (Å²) in [5, 5.41) is 9.50. The molecule has 0 saturated heterocycles. The van der Waals surface area contributed by atoms with Crippen LogP contribution in [0.4, 0.5) is 0 Å². The summed E-state index contributed by atoms with van der Waals surface area (Å²) in [5.74, 6) is 0.569. The van der Waals surface area contributed by atoms with Gasteiger partial charge in [-0.1, -0.05) is 23.7 Å². The van der Waals surface area contributed by atoms with Crippen LogP contribution in [0, 0.1) is 11.3 Å². The van der Waals surface area contributed by atoms with Crippen LogP contribution in [0.1, 0.15) is 28.8 Å². The van der Waals surface area contributed by atoms with Gasteiger partial charge in [-0.15, -0.1) is 0 Å². The maximum absolute atomic E-state index is 8.75. The molecule has 100 valence electrons. The number of fused-ring (bicyclic) bond motifs is 1. The molecule has 0 amide bonds. The van der Waals surface area contributed by atoms with Crippen LogP contribution in [-0.4, -0.2) is 4.98 Å². The minimum atomic E-state index is 0.424. The van der Waals surface area contributed by atoms with E-state index in [4.69, 9.17) is 21.6 Å². The predicted octanol–water partition coefficient (Wildman–Crippen LogP) is 3.67. The lowest BCUT2D eigenvalue weighted by Crippen LogP contribution is -2.00. The molecule has 0 spiro atoms. The number of aryl methyl sites for hydroxylation is 1. The van der Waals surface area contributed by atoms with Crippen molar-refractivity contribution in [2.75, 3.05) is 0 Å². The smallest absolute Gasteiger partial charge is 0.215 e. The van der Waals surface area contributed by atoms with Gasteiger partial charge in [0, 0.05) is 11.8 Å². The van der Waals surface area contributed by atoms with Gasteiger partial charge in [0.05, 0.1) is 16.7 Å². The van der Waals surface area contributed by atoms with E-state index in [9.17, 15) is 0 Å². The number of ether oxygens (including phenoxy) is 1. The number of hydrogen-bond acceptors (Lipinski definition) is 3. The highest BCUT2D eigenvalue weighted by Crippen LogP contribution is 2.30. The zero-order valence-electron chi connectivity index (χ0n) is 10.9. The molecule has 4 heteroatoms. The van der Waals surface area contributed by atoms with Crippen molar-refractivity contribution in [3.63, 3.8) is 0 Å². The average Bonchev–Trinajstić information content (AvgIpc) is 2.94. The van der Waals surface area contributed by atoms with Crippen molar-refractivity contribution in [3.8, 4) is 11.9 Å². The minimum absolute atomic E-state index is 0.424. The van der Waals surface area contributed by atoms with E-state index in [-0.39, 0.29) is 0 Å². The molecule has 3 rings (SSSR count). The van der Waals surface area contributed by atoms with E-state index >= 15 is 0 Å². The van der Waals surface area contributed by atoms with Crippen molar-refractivity contribution in [2.45, 2.75) is 25.9 Å². The molecule has 1 heterocycles. The molecule has 20 heavy (non-hydrogen) atoms. The second kappa shape index (κ2) is 5.52. The van der Waals surface area contributed by atoms with Crippen LogP contribution in [0.3, 0.4) is 0 Å². The van der Waals surface area contributed by atoms with E-state index in [0.717, 1.165) is 41.1 Å². The van der Waals surface area contributed by atoms with Gasteiger partial charge in [-0.2, -0.15) is 5.26 Å². The Balaban J connectivity index is 1.72. The molecule has 2 aromatic rings. The zero-order chi connectivity index (χ0) is 13.9. The van der Waals surface area contributed by atoms with Crippen LogP contribution in [0.5, 0.6) is 5.88 Å². The topological polar surface area (TPSA) is 45.9 Å². The first kappa shape index (κ1) is 13.0. The van der Waals surface area contributed by atoms with E-state index < -0.39 is 0 Å². The largest absolute Gasteiger partial charge is 0.473 e. The Bertz CT molecular complexity index is 674. The molecule has 0 radical (unpaired) electrons. The quantitative estimate of drug-likeness (QED) is 0.864. The Morgan fingerprint density at radius 1 is 1.25 bits per heavy atom. The molecule has 0 saturated carbocycles. The van der Waals surface area contributed by atoms with Gasteiger partial charge >= 0.3 is 0 Å². The second-order valence-electron chi connectivity index (χ2n) is 4.82. The fourth-order valence-corrected chi connectivity index (χ4v) is 2.67. The van der Waals surface area contributed by atoms with E-state index in [2.05, 4.69) is 11.1 Å². The Morgan fingerprint density at radius 2 is 2.05 bits per heavy atom. The number of benzene rings is 1. The molecule has 0 N–H and O–H groups in total. The molecule has 0 unspecified atom stereocenters. The summed E-state index contributed by atoms with van der Waals surface area (Å²) in [7, 11) is 0. The van der Waals surface area contributed by atoms with Crippen LogP contribution in [-0.2, 0) is 19.4 Å². The third-order valence-electron chi connectivity index (χ3n) is 3.44. The first-order chi connectivity index (χ1) is 9.76. The van der Waals surface area contributed by atoms with Gasteiger partial charge < -0.3 is 4.74 Å². The Labute approximate surface area is 122 Å². The number of rotatable bonds is 3.